The number of carboxylic acids is 1. The molecule has 0 aliphatic rings. The van der Waals surface area contributed by atoms with Crippen LogP contribution < -0.4 is 4.74 Å². The number of rotatable bonds is 8. The molecule has 0 bridgehead atoms. The van der Waals surface area contributed by atoms with E-state index in [0.29, 0.717) is 23.4 Å². The second-order valence-electron chi connectivity index (χ2n) is 5.08. The Kier molecular flexibility index (Phi) is 6.58. The summed E-state index contributed by atoms with van der Waals surface area (Å²) < 4.78 is 10.3. The molecule has 0 saturated carbocycles. The monoisotopic (exact) mass is 362 g/mol. The molecule has 132 valence electrons. The molecule has 0 amide bonds. The number of carbonyl (C=O) groups excluding carboxylic acids is 1. The first kappa shape index (κ1) is 19.0. The maximum absolute atomic E-state index is 11.7. The predicted molar refractivity (Wildman–Crippen MR) is 92.5 cm³/mol. The Hall–Kier alpha value is -2.35. The van der Waals surface area contributed by atoms with Crippen LogP contribution in [-0.4, -0.2) is 36.7 Å². The highest BCUT2D eigenvalue weighted by Crippen LogP contribution is 2.39. The summed E-state index contributed by atoms with van der Waals surface area (Å²) in [6.45, 7) is 0.133. The van der Waals surface area contributed by atoms with Gasteiger partial charge in [-0.2, -0.15) is 0 Å². The van der Waals surface area contributed by atoms with Gasteiger partial charge in [0.2, 0.25) is 0 Å². The summed E-state index contributed by atoms with van der Waals surface area (Å²) in [4.78, 5) is 24.0. The average Bonchev–Trinajstić information content (AvgIpc) is 2.62. The molecule has 6 nitrogen and oxygen atoms in total. The number of hydrogen-bond acceptors (Lipinski definition) is 6. The molecule has 0 unspecified atom stereocenters. The van der Waals surface area contributed by atoms with Gasteiger partial charge in [0.1, 0.15) is 11.3 Å². The molecule has 0 aliphatic carbocycles. The van der Waals surface area contributed by atoms with Crippen molar-refractivity contribution >= 4 is 24.0 Å². The van der Waals surface area contributed by atoms with Crippen LogP contribution in [0.2, 0.25) is 0 Å². The van der Waals surface area contributed by atoms with Crippen molar-refractivity contribution in [3.63, 3.8) is 0 Å². The molecule has 0 aliphatic heterocycles. The molecule has 2 rings (SSSR count). The Labute approximate surface area is 149 Å². The molecule has 0 aromatic heterocycles. The van der Waals surface area contributed by atoms with E-state index in [1.807, 2.05) is 6.07 Å². The summed E-state index contributed by atoms with van der Waals surface area (Å²) in [5.41, 5.74) is 1.56. The number of aliphatic hydroxyl groups excluding tert-OH is 1. The van der Waals surface area contributed by atoms with E-state index < -0.39 is 5.97 Å². The van der Waals surface area contributed by atoms with Crippen LogP contribution in [-0.2, 0) is 18.0 Å². The molecule has 0 atom stereocenters. The van der Waals surface area contributed by atoms with Crippen molar-refractivity contribution in [2.45, 2.75) is 23.0 Å². The van der Waals surface area contributed by atoms with Gasteiger partial charge in [0.25, 0.3) is 0 Å². The van der Waals surface area contributed by atoms with Gasteiger partial charge < -0.3 is 19.7 Å². The lowest BCUT2D eigenvalue weighted by molar-refractivity contribution is 0.0689. The van der Waals surface area contributed by atoms with E-state index in [0.717, 1.165) is 10.5 Å². The number of aliphatic hydroxyl groups is 1. The van der Waals surface area contributed by atoms with Crippen LogP contribution in [0.3, 0.4) is 0 Å². The van der Waals surface area contributed by atoms with Crippen LogP contribution in [0, 0.1) is 0 Å². The Morgan fingerprint density at radius 3 is 2.48 bits per heavy atom. The van der Waals surface area contributed by atoms with E-state index in [1.165, 1.54) is 24.9 Å². The maximum atomic E-state index is 11.7. The van der Waals surface area contributed by atoms with Crippen molar-refractivity contribution in [1.82, 2.24) is 0 Å². The standard InChI is InChI=1S/C18H18O6S/c1-23-10-13-5-3-4-12(9-20)17(13)25-14-7-6-11(8-19)16(24-2)15(14)18(21)22/h3-8,20H,9-10H2,1-2H3,(H,21,22). The molecule has 7 heteroatoms. The van der Waals surface area contributed by atoms with Crippen LogP contribution in [0.25, 0.3) is 0 Å². The van der Waals surface area contributed by atoms with Crippen LogP contribution in [0.4, 0.5) is 0 Å². The van der Waals surface area contributed by atoms with E-state index in [1.54, 1.807) is 25.3 Å². The van der Waals surface area contributed by atoms with Gasteiger partial charge in [-0.25, -0.2) is 4.79 Å². The summed E-state index contributed by atoms with van der Waals surface area (Å²) in [7, 11) is 2.88. The van der Waals surface area contributed by atoms with E-state index in [4.69, 9.17) is 9.47 Å². The number of ether oxygens (including phenoxy) is 2. The number of methoxy groups -OCH3 is 2. The lowest BCUT2D eigenvalue weighted by atomic mass is 10.1. The largest absolute Gasteiger partial charge is 0.495 e. The van der Waals surface area contributed by atoms with E-state index >= 15 is 0 Å². The summed E-state index contributed by atoms with van der Waals surface area (Å²) in [5.74, 6) is -1.18. The first-order valence-electron chi connectivity index (χ1n) is 7.35. The van der Waals surface area contributed by atoms with Crippen molar-refractivity contribution < 1.29 is 29.3 Å². The number of aromatic carboxylic acids is 1. The van der Waals surface area contributed by atoms with Crippen LogP contribution in [0.15, 0.2) is 40.1 Å². The molecule has 0 radical (unpaired) electrons. The molecular formula is C18H18O6S. The quantitative estimate of drug-likeness (QED) is 0.697. The second-order valence-corrected chi connectivity index (χ2v) is 6.13. The molecule has 0 heterocycles. The van der Waals surface area contributed by atoms with Gasteiger partial charge in [-0.15, -0.1) is 0 Å². The topological polar surface area (TPSA) is 93.1 Å². The van der Waals surface area contributed by atoms with Crippen molar-refractivity contribution in [1.29, 1.82) is 0 Å². The zero-order valence-corrected chi connectivity index (χ0v) is 14.6. The highest BCUT2D eigenvalue weighted by molar-refractivity contribution is 7.99. The highest BCUT2D eigenvalue weighted by atomic mass is 32.2. The number of carboxylic acid groups (broad SMARTS) is 1. The fourth-order valence-corrected chi connectivity index (χ4v) is 3.61. The van der Waals surface area contributed by atoms with Gasteiger partial charge in [-0.3, -0.25) is 4.79 Å². The Morgan fingerprint density at radius 2 is 1.92 bits per heavy atom. The third kappa shape index (κ3) is 4.01. The molecule has 2 aromatic carbocycles. The van der Waals surface area contributed by atoms with Crippen molar-refractivity contribution in [2.75, 3.05) is 14.2 Å². The van der Waals surface area contributed by atoms with Gasteiger partial charge in [-0.1, -0.05) is 30.0 Å². The van der Waals surface area contributed by atoms with E-state index in [-0.39, 0.29) is 23.5 Å². The Morgan fingerprint density at radius 1 is 1.20 bits per heavy atom. The third-order valence-electron chi connectivity index (χ3n) is 3.56. The zero-order valence-electron chi connectivity index (χ0n) is 13.8. The van der Waals surface area contributed by atoms with E-state index in [2.05, 4.69) is 0 Å². The van der Waals surface area contributed by atoms with Crippen molar-refractivity contribution in [3.8, 4) is 5.75 Å². The molecule has 25 heavy (non-hydrogen) atoms. The normalized spacial score (nSPS) is 10.5. The maximum Gasteiger partial charge on any atom is 0.340 e. The average molecular weight is 362 g/mol. The van der Waals surface area contributed by atoms with Gasteiger partial charge in [0.05, 0.1) is 25.9 Å². The molecule has 2 aromatic rings. The predicted octanol–water partition coefficient (Wildman–Crippen LogP) is 3.00. The lowest BCUT2D eigenvalue weighted by Crippen LogP contribution is -2.06. The van der Waals surface area contributed by atoms with Crippen molar-refractivity contribution in [3.05, 3.63) is 52.6 Å². The summed E-state index contributed by atoms with van der Waals surface area (Å²) in [6.07, 6.45) is 0.553. The molecule has 0 fully saturated rings. The smallest absolute Gasteiger partial charge is 0.340 e. The molecular weight excluding hydrogens is 344 g/mol. The number of carbonyl (C=O) groups is 2. The first-order chi connectivity index (χ1) is 12.1. The van der Waals surface area contributed by atoms with Crippen LogP contribution in [0.1, 0.15) is 31.8 Å². The minimum Gasteiger partial charge on any atom is -0.495 e. The third-order valence-corrected chi connectivity index (χ3v) is 4.84. The molecule has 2 N–H and O–H groups in total. The molecule has 0 saturated heterocycles. The van der Waals surface area contributed by atoms with Gasteiger partial charge in [0, 0.05) is 16.9 Å². The summed E-state index contributed by atoms with van der Waals surface area (Å²) >= 11 is 1.19. The van der Waals surface area contributed by atoms with Gasteiger partial charge in [-0.05, 0) is 23.3 Å². The second kappa shape index (κ2) is 8.66. The van der Waals surface area contributed by atoms with Gasteiger partial charge >= 0.3 is 5.97 Å². The minimum atomic E-state index is -1.20. The van der Waals surface area contributed by atoms with Gasteiger partial charge in [0.15, 0.2) is 6.29 Å². The molecule has 0 spiro atoms. The van der Waals surface area contributed by atoms with Crippen molar-refractivity contribution in [2.24, 2.45) is 0 Å². The first-order valence-corrected chi connectivity index (χ1v) is 8.16. The fourth-order valence-electron chi connectivity index (χ4n) is 2.45. The zero-order chi connectivity index (χ0) is 18.4. The van der Waals surface area contributed by atoms with Crippen LogP contribution >= 0.6 is 11.8 Å². The Bertz CT molecular complexity index is 787. The summed E-state index contributed by atoms with van der Waals surface area (Å²) in [6, 6.07) is 8.49. The fraction of sp³-hybridized carbons (Fsp3) is 0.222. The lowest BCUT2D eigenvalue weighted by Gasteiger charge is -2.16. The SMILES string of the molecule is COCc1cccc(CO)c1Sc1ccc(C=O)c(OC)c1C(=O)O. The number of hydrogen-bond donors (Lipinski definition) is 2. The number of benzene rings is 2. The van der Waals surface area contributed by atoms with E-state index in [9.17, 15) is 19.8 Å². The van der Waals surface area contributed by atoms with Crippen LogP contribution in [0.5, 0.6) is 5.75 Å². The Balaban J connectivity index is 2.62. The number of aldehydes is 1. The summed E-state index contributed by atoms with van der Waals surface area (Å²) in [5, 5.41) is 19.2. The minimum absolute atomic E-state index is 0.0160. The highest BCUT2D eigenvalue weighted by Gasteiger charge is 2.22.